The molecule has 3 amide bonds. The van der Waals surface area contributed by atoms with Gasteiger partial charge in [0.15, 0.2) is 0 Å². The highest BCUT2D eigenvalue weighted by atomic mass is 35.5. The molecule has 1 aliphatic heterocycles. The number of hydrogen-bond donors (Lipinski definition) is 2. The Morgan fingerprint density at radius 2 is 1.70 bits per heavy atom. The highest BCUT2D eigenvalue weighted by Crippen LogP contribution is 2.21. The minimum atomic E-state index is -0.567. The van der Waals surface area contributed by atoms with Crippen LogP contribution in [0.15, 0.2) is 24.3 Å². The van der Waals surface area contributed by atoms with Gasteiger partial charge in [-0.2, -0.15) is 0 Å². The number of fused-ring (bicyclic) bond motifs is 1. The second-order valence-corrected chi connectivity index (χ2v) is 5.83. The van der Waals surface area contributed by atoms with Crippen molar-refractivity contribution in [3.63, 3.8) is 0 Å². The summed E-state index contributed by atoms with van der Waals surface area (Å²) in [4.78, 5) is 37.2. The van der Waals surface area contributed by atoms with Gasteiger partial charge < -0.3 is 11.1 Å². The van der Waals surface area contributed by atoms with Crippen LogP contribution in [-0.2, 0) is 4.79 Å². The number of benzene rings is 1. The lowest BCUT2D eigenvalue weighted by molar-refractivity contribution is -0.122. The van der Waals surface area contributed by atoms with Gasteiger partial charge in [0.2, 0.25) is 5.91 Å². The molecule has 0 saturated heterocycles. The first kappa shape index (κ1) is 19.1. The summed E-state index contributed by atoms with van der Waals surface area (Å²) in [7, 11) is 0. The predicted molar refractivity (Wildman–Crippen MR) is 89.5 cm³/mol. The predicted octanol–water partition coefficient (Wildman–Crippen LogP) is 1.19. The van der Waals surface area contributed by atoms with Crippen LogP contribution in [-0.4, -0.2) is 41.8 Å². The van der Waals surface area contributed by atoms with Crippen LogP contribution in [0.3, 0.4) is 0 Å². The van der Waals surface area contributed by atoms with Crippen LogP contribution in [0.1, 0.15) is 41.0 Å². The van der Waals surface area contributed by atoms with Crippen molar-refractivity contribution in [3.05, 3.63) is 35.4 Å². The van der Waals surface area contributed by atoms with Gasteiger partial charge in [-0.15, -0.1) is 12.4 Å². The van der Waals surface area contributed by atoms with Crippen molar-refractivity contribution in [2.75, 3.05) is 13.1 Å². The molecule has 0 saturated carbocycles. The summed E-state index contributed by atoms with van der Waals surface area (Å²) < 4.78 is 0. The third kappa shape index (κ3) is 4.30. The Morgan fingerprint density at radius 3 is 2.17 bits per heavy atom. The van der Waals surface area contributed by atoms with Gasteiger partial charge in [0.25, 0.3) is 11.8 Å². The molecule has 0 radical (unpaired) electrons. The van der Waals surface area contributed by atoms with E-state index in [9.17, 15) is 14.4 Å². The van der Waals surface area contributed by atoms with Crippen molar-refractivity contribution >= 4 is 30.1 Å². The molecule has 0 unspecified atom stereocenters. The lowest BCUT2D eigenvalue weighted by Gasteiger charge is -2.17. The van der Waals surface area contributed by atoms with Crippen LogP contribution in [0.5, 0.6) is 0 Å². The normalized spacial score (nSPS) is 14.5. The molecule has 0 aromatic heterocycles. The maximum atomic E-state index is 12.1. The second-order valence-electron chi connectivity index (χ2n) is 5.83. The summed E-state index contributed by atoms with van der Waals surface area (Å²) in [5.74, 6) is -0.565. The van der Waals surface area contributed by atoms with Crippen molar-refractivity contribution < 1.29 is 14.4 Å². The standard InChI is InChI=1S/C16H21N3O3.ClH/c1-10(2)9-13(17)14(20)18-7-8-19-15(21)11-5-3-4-6-12(11)16(19)22;/h3-6,10,13H,7-9,17H2,1-2H3,(H,18,20);1H/t13-;/m0./s1. The topological polar surface area (TPSA) is 92.5 Å². The Morgan fingerprint density at radius 1 is 1.17 bits per heavy atom. The highest BCUT2D eigenvalue weighted by molar-refractivity contribution is 6.21. The first-order chi connectivity index (χ1) is 10.4. The number of halogens is 1. The van der Waals surface area contributed by atoms with Crippen molar-refractivity contribution in [2.24, 2.45) is 11.7 Å². The smallest absolute Gasteiger partial charge is 0.261 e. The monoisotopic (exact) mass is 339 g/mol. The molecule has 0 aliphatic carbocycles. The summed E-state index contributed by atoms with van der Waals surface area (Å²) in [5.41, 5.74) is 6.60. The average molecular weight is 340 g/mol. The quantitative estimate of drug-likeness (QED) is 0.761. The van der Waals surface area contributed by atoms with Gasteiger partial charge in [-0.25, -0.2) is 0 Å². The van der Waals surface area contributed by atoms with Crippen LogP contribution in [0.2, 0.25) is 0 Å². The maximum Gasteiger partial charge on any atom is 0.261 e. The number of carbonyl (C=O) groups excluding carboxylic acids is 3. The van der Waals surface area contributed by atoms with E-state index >= 15 is 0 Å². The van der Waals surface area contributed by atoms with Crippen LogP contribution < -0.4 is 11.1 Å². The third-order valence-corrected chi connectivity index (χ3v) is 3.57. The van der Waals surface area contributed by atoms with Crippen molar-refractivity contribution in [1.82, 2.24) is 10.2 Å². The molecular formula is C16H22ClN3O3. The van der Waals surface area contributed by atoms with Gasteiger partial charge in [-0.3, -0.25) is 19.3 Å². The molecular weight excluding hydrogens is 318 g/mol. The van der Waals surface area contributed by atoms with E-state index in [2.05, 4.69) is 5.32 Å². The van der Waals surface area contributed by atoms with E-state index in [-0.39, 0.29) is 43.2 Å². The molecule has 3 N–H and O–H groups in total. The van der Waals surface area contributed by atoms with Crippen LogP contribution >= 0.6 is 12.4 Å². The summed E-state index contributed by atoms with van der Waals surface area (Å²) in [6, 6.07) is 6.14. The summed E-state index contributed by atoms with van der Waals surface area (Å²) in [6.07, 6.45) is 0.596. The second kappa shape index (κ2) is 8.08. The lowest BCUT2D eigenvalue weighted by atomic mass is 10.0. The number of hydrogen-bond acceptors (Lipinski definition) is 4. The number of rotatable bonds is 6. The Labute approximate surface area is 141 Å². The zero-order valence-electron chi connectivity index (χ0n) is 13.2. The Balaban J connectivity index is 0.00000264. The van der Waals surface area contributed by atoms with Gasteiger partial charge in [-0.05, 0) is 24.5 Å². The van der Waals surface area contributed by atoms with E-state index in [1.807, 2.05) is 13.8 Å². The molecule has 0 fully saturated rings. The van der Waals surface area contributed by atoms with E-state index in [1.165, 1.54) is 0 Å². The van der Waals surface area contributed by atoms with Gasteiger partial charge >= 0.3 is 0 Å². The van der Waals surface area contributed by atoms with Crippen LogP contribution in [0.4, 0.5) is 0 Å². The van der Waals surface area contributed by atoms with Crippen LogP contribution in [0.25, 0.3) is 0 Å². The first-order valence-corrected chi connectivity index (χ1v) is 7.40. The largest absolute Gasteiger partial charge is 0.353 e. The van der Waals surface area contributed by atoms with Crippen molar-refractivity contribution in [3.8, 4) is 0 Å². The number of nitrogens with zero attached hydrogens (tertiary/aromatic N) is 1. The van der Waals surface area contributed by atoms with E-state index in [0.29, 0.717) is 23.5 Å². The van der Waals surface area contributed by atoms with Crippen molar-refractivity contribution in [2.45, 2.75) is 26.3 Å². The fraction of sp³-hybridized carbons (Fsp3) is 0.438. The number of nitrogens with one attached hydrogen (secondary N) is 1. The molecule has 1 aliphatic rings. The zero-order valence-corrected chi connectivity index (χ0v) is 14.1. The number of amides is 3. The molecule has 1 aromatic rings. The molecule has 7 heteroatoms. The minimum absolute atomic E-state index is 0. The average Bonchev–Trinajstić information content (AvgIpc) is 2.72. The molecule has 23 heavy (non-hydrogen) atoms. The summed E-state index contributed by atoms with van der Waals surface area (Å²) in [5, 5.41) is 2.67. The van der Waals surface area contributed by atoms with E-state index < -0.39 is 6.04 Å². The van der Waals surface area contributed by atoms with E-state index in [4.69, 9.17) is 5.73 Å². The molecule has 1 heterocycles. The molecule has 126 valence electrons. The van der Waals surface area contributed by atoms with Crippen LogP contribution in [0, 0.1) is 5.92 Å². The number of nitrogens with two attached hydrogens (primary N) is 1. The molecule has 0 spiro atoms. The first-order valence-electron chi connectivity index (χ1n) is 7.40. The molecule has 1 aromatic carbocycles. The number of imide groups is 1. The SMILES string of the molecule is CC(C)C[C@H](N)C(=O)NCCN1C(=O)c2ccccc2C1=O.Cl. The van der Waals surface area contributed by atoms with E-state index in [1.54, 1.807) is 24.3 Å². The van der Waals surface area contributed by atoms with E-state index in [0.717, 1.165) is 4.90 Å². The van der Waals surface area contributed by atoms with Gasteiger partial charge in [-0.1, -0.05) is 26.0 Å². The van der Waals surface area contributed by atoms with Gasteiger partial charge in [0.05, 0.1) is 17.2 Å². The van der Waals surface area contributed by atoms with Gasteiger partial charge in [0, 0.05) is 13.1 Å². The molecule has 1 atom stereocenters. The minimum Gasteiger partial charge on any atom is -0.353 e. The lowest BCUT2D eigenvalue weighted by Crippen LogP contribution is -2.45. The molecule has 6 nitrogen and oxygen atoms in total. The maximum absolute atomic E-state index is 12.1. The zero-order chi connectivity index (χ0) is 16.3. The number of carbonyl (C=O) groups is 3. The van der Waals surface area contributed by atoms with Crippen molar-refractivity contribution in [1.29, 1.82) is 0 Å². The molecule has 2 rings (SSSR count). The Kier molecular flexibility index (Phi) is 6.72. The third-order valence-electron chi connectivity index (χ3n) is 3.57. The van der Waals surface area contributed by atoms with Gasteiger partial charge in [0.1, 0.15) is 0 Å². The molecule has 0 bridgehead atoms. The fourth-order valence-corrected chi connectivity index (χ4v) is 2.48. The Hall–Kier alpha value is -1.92. The fourth-order valence-electron chi connectivity index (χ4n) is 2.48. The Bertz CT molecular complexity index is 569. The highest BCUT2D eigenvalue weighted by Gasteiger charge is 2.34. The summed E-state index contributed by atoms with van der Waals surface area (Å²) >= 11 is 0. The summed E-state index contributed by atoms with van der Waals surface area (Å²) in [6.45, 7) is 4.33.